The zero-order valence-electron chi connectivity index (χ0n) is 19.6. The molecule has 32 heavy (non-hydrogen) atoms. The molecule has 0 amide bonds. The second-order valence-electron chi connectivity index (χ2n) is 6.69. The number of benzene rings is 2. The predicted octanol–water partition coefficient (Wildman–Crippen LogP) is 6.12. The molecule has 0 bridgehead atoms. The van der Waals surface area contributed by atoms with E-state index in [9.17, 15) is 14.2 Å². The van der Waals surface area contributed by atoms with Crippen molar-refractivity contribution in [2.45, 2.75) is 39.5 Å². The van der Waals surface area contributed by atoms with Crippen LogP contribution in [-0.2, 0) is 4.57 Å². The summed E-state index contributed by atoms with van der Waals surface area (Å²) in [6.07, 6.45) is 5.54. The summed E-state index contributed by atoms with van der Waals surface area (Å²) in [4.78, 5) is 25.5. The maximum absolute atomic E-state index is 12.8. The van der Waals surface area contributed by atoms with Gasteiger partial charge in [0, 0.05) is 0 Å². The van der Waals surface area contributed by atoms with E-state index in [-0.39, 0.29) is 34.1 Å². The van der Waals surface area contributed by atoms with Gasteiger partial charge < -0.3 is 18.9 Å². The highest BCUT2D eigenvalue weighted by Crippen LogP contribution is 2.42. The molecular weight excluding hydrogens is 431 g/mol. The summed E-state index contributed by atoms with van der Waals surface area (Å²) >= 11 is 0. The molecule has 0 aromatic heterocycles. The van der Waals surface area contributed by atoms with Crippen molar-refractivity contribution >= 4 is 18.8 Å². The number of ether oxygens (including phenoxy) is 4. The minimum atomic E-state index is -2.99. The third-order valence-electron chi connectivity index (χ3n) is 4.61. The summed E-state index contributed by atoms with van der Waals surface area (Å²) in [5.74, 6) is 0.657. The van der Waals surface area contributed by atoms with Crippen LogP contribution in [0.2, 0.25) is 0 Å². The van der Waals surface area contributed by atoms with Gasteiger partial charge in [0.15, 0.2) is 0 Å². The van der Waals surface area contributed by atoms with Crippen LogP contribution in [0.5, 0.6) is 23.0 Å². The Bertz CT molecular complexity index is 807. The van der Waals surface area contributed by atoms with Crippen molar-refractivity contribution in [2.75, 3.05) is 28.4 Å². The number of carbonyl (C=O) groups excluding carboxylic acids is 2. The molecule has 0 aliphatic rings. The van der Waals surface area contributed by atoms with Crippen LogP contribution in [0.15, 0.2) is 36.4 Å². The SMILES string of the molecule is CCCCCC.COc1cccc(OC)c1C(=O)[P](=O)C(=O)c1c(OC)cccc1OC. The Labute approximate surface area is 190 Å². The van der Waals surface area contributed by atoms with Crippen molar-refractivity contribution in [1.29, 1.82) is 0 Å². The summed E-state index contributed by atoms with van der Waals surface area (Å²) in [5.41, 5.74) is -1.90. The normalized spacial score (nSPS) is 9.81. The maximum atomic E-state index is 12.8. The van der Waals surface area contributed by atoms with E-state index in [0.29, 0.717) is 0 Å². The molecule has 0 unspecified atom stereocenters. The van der Waals surface area contributed by atoms with Gasteiger partial charge in [-0.2, -0.15) is 0 Å². The topological polar surface area (TPSA) is 88.1 Å². The zero-order chi connectivity index (χ0) is 24.1. The van der Waals surface area contributed by atoms with Gasteiger partial charge in [0.2, 0.25) is 7.80 Å². The summed E-state index contributed by atoms with van der Waals surface area (Å²) < 4.78 is 33.3. The molecular formula is C24H32O7P. The number of hydrogen-bond donors (Lipinski definition) is 0. The van der Waals surface area contributed by atoms with Crippen LogP contribution < -0.4 is 18.9 Å². The molecule has 0 aliphatic carbocycles. The summed E-state index contributed by atoms with van der Waals surface area (Å²) in [6.45, 7) is 4.46. The van der Waals surface area contributed by atoms with Gasteiger partial charge in [0.1, 0.15) is 34.1 Å². The van der Waals surface area contributed by atoms with Gasteiger partial charge in [-0.15, -0.1) is 0 Å². The lowest BCUT2D eigenvalue weighted by molar-refractivity contribution is 0.104. The second-order valence-corrected chi connectivity index (χ2v) is 8.09. The highest BCUT2D eigenvalue weighted by atomic mass is 31.1. The van der Waals surface area contributed by atoms with E-state index >= 15 is 0 Å². The largest absolute Gasteiger partial charge is 0.496 e. The molecule has 2 aromatic rings. The monoisotopic (exact) mass is 463 g/mol. The molecule has 0 saturated heterocycles. The van der Waals surface area contributed by atoms with E-state index in [0.717, 1.165) is 0 Å². The fourth-order valence-electron chi connectivity index (χ4n) is 2.92. The van der Waals surface area contributed by atoms with E-state index < -0.39 is 18.8 Å². The van der Waals surface area contributed by atoms with Gasteiger partial charge in [0.05, 0.1) is 28.4 Å². The van der Waals surface area contributed by atoms with Gasteiger partial charge in [-0.3, -0.25) is 14.2 Å². The number of hydrogen-bond acceptors (Lipinski definition) is 7. The van der Waals surface area contributed by atoms with Crippen LogP contribution in [0.25, 0.3) is 0 Å². The van der Waals surface area contributed by atoms with Crippen LogP contribution in [0.3, 0.4) is 0 Å². The Morgan fingerprint density at radius 2 is 0.938 bits per heavy atom. The van der Waals surface area contributed by atoms with Crippen molar-refractivity contribution < 1.29 is 33.1 Å². The number of rotatable bonds is 11. The van der Waals surface area contributed by atoms with Gasteiger partial charge in [-0.25, -0.2) is 0 Å². The van der Waals surface area contributed by atoms with Crippen LogP contribution >= 0.6 is 7.80 Å². The van der Waals surface area contributed by atoms with Crippen molar-refractivity contribution in [3.05, 3.63) is 47.5 Å². The van der Waals surface area contributed by atoms with Crippen LogP contribution in [0.4, 0.5) is 0 Å². The lowest BCUT2D eigenvalue weighted by Crippen LogP contribution is -2.08. The Hall–Kier alpha value is -2.92. The highest BCUT2D eigenvalue weighted by molar-refractivity contribution is 7.80. The average Bonchev–Trinajstić information content (AvgIpc) is 2.85. The standard InChI is InChI=1S/C18H18O7P.C6H14/c1-22-11-7-5-8-12(23-2)15(11)17(19)26(21)18(20)16-13(24-3)9-6-10-14(16)25-4;1-3-5-6-4-2/h5-10H,1-4H3;3-6H2,1-2H3. The number of methoxy groups -OCH3 is 4. The van der Waals surface area contributed by atoms with Gasteiger partial charge in [-0.05, 0) is 24.3 Å². The van der Waals surface area contributed by atoms with Crippen molar-refractivity contribution in [3.63, 3.8) is 0 Å². The third kappa shape index (κ3) is 6.79. The fourth-order valence-corrected chi connectivity index (χ4v) is 3.95. The second kappa shape index (κ2) is 14.2. The van der Waals surface area contributed by atoms with Crippen LogP contribution in [-0.4, -0.2) is 39.5 Å². The lowest BCUT2D eigenvalue weighted by Gasteiger charge is -2.13. The molecule has 2 rings (SSSR count). The molecule has 0 fully saturated rings. The van der Waals surface area contributed by atoms with E-state index in [1.165, 1.54) is 78.4 Å². The van der Waals surface area contributed by atoms with Crippen LogP contribution in [0.1, 0.15) is 60.2 Å². The molecule has 0 heterocycles. The van der Waals surface area contributed by atoms with Gasteiger partial charge >= 0.3 is 0 Å². The molecule has 2 aromatic carbocycles. The molecule has 0 spiro atoms. The summed E-state index contributed by atoms with van der Waals surface area (Å²) in [6, 6.07) is 9.32. The summed E-state index contributed by atoms with van der Waals surface area (Å²) in [5, 5.41) is 0. The first-order valence-electron chi connectivity index (χ1n) is 10.4. The van der Waals surface area contributed by atoms with E-state index in [2.05, 4.69) is 13.8 Å². The molecule has 0 atom stereocenters. The van der Waals surface area contributed by atoms with E-state index in [1.54, 1.807) is 12.1 Å². The number of carbonyl (C=O) groups is 2. The third-order valence-corrected chi connectivity index (χ3v) is 5.79. The Morgan fingerprint density at radius 3 is 1.16 bits per heavy atom. The first kappa shape index (κ1) is 27.1. The molecule has 0 aliphatic heterocycles. The number of unbranched alkanes of at least 4 members (excludes halogenated alkanes) is 3. The van der Waals surface area contributed by atoms with Crippen molar-refractivity contribution in [3.8, 4) is 23.0 Å². The van der Waals surface area contributed by atoms with Gasteiger partial charge in [0.25, 0.3) is 11.0 Å². The molecule has 8 heteroatoms. The van der Waals surface area contributed by atoms with E-state index in [4.69, 9.17) is 18.9 Å². The minimum absolute atomic E-state index is 0.0548. The molecule has 0 N–H and O–H groups in total. The smallest absolute Gasteiger partial charge is 0.257 e. The maximum Gasteiger partial charge on any atom is 0.257 e. The van der Waals surface area contributed by atoms with E-state index in [1.807, 2.05) is 0 Å². The zero-order valence-corrected chi connectivity index (χ0v) is 20.5. The first-order valence-corrected chi connectivity index (χ1v) is 11.6. The Kier molecular flexibility index (Phi) is 12.0. The predicted molar refractivity (Wildman–Crippen MR) is 125 cm³/mol. The quantitative estimate of drug-likeness (QED) is 0.293. The Morgan fingerprint density at radius 1 is 0.656 bits per heavy atom. The van der Waals surface area contributed by atoms with Gasteiger partial charge in [-0.1, -0.05) is 51.7 Å². The van der Waals surface area contributed by atoms with Crippen LogP contribution in [0, 0.1) is 0 Å². The molecule has 0 saturated carbocycles. The minimum Gasteiger partial charge on any atom is -0.496 e. The van der Waals surface area contributed by atoms with Crippen molar-refractivity contribution in [1.82, 2.24) is 0 Å². The molecule has 1 radical (unpaired) electrons. The Balaban J connectivity index is 0.000000751. The summed E-state index contributed by atoms with van der Waals surface area (Å²) in [7, 11) is 2.47. The molecule has 175 valence electrons. The first-order chi connectivity index (χ1) is 15.4. The highest BCUT2D eigenvalue weighted by Gasteiger charge is 2.33. The average molecular weight is 463 g/mol. The fraction of sp³-hybridized carbons (Fsp3) is 0.417. The van der Waals surface area contributed by atoms with Crippen molar-refractivity contribution in [2.24, 2.45) is 0 Å². The lowest BCUT2D eigenvalue weighted by atomic mass is 10.2. The molecule has 7 nitrogen and oxygen atoms in total.